The first kappa shape index (κ1) is 21.3. The van der Waals surface area contributed by atoms with E-state index in [0.29, 0.717) is 0 Å². The summed E-state index contributed by atoms with van der Waals surface area (Å²) < 4.78 is 4.95. The number of hydrogen-bond acceptors (Lipinski definition) is 3. The molecule has 0 saturated carbocycles. The second-order valence-electron chi connectivity index (χ2n) is 7.57. The Morgan fingerprint density at radius 1 is 0.733 bits per heavy atom. The zero-order valence-corrected chi connectivity index (χ0v) is 17.5. The standard InChI is InChI=1S/C26H27NO3/c1-19(2)23(24(28)30-3)27-25(29)26(20-13-7-4-8-14-20,21-15-9-5-10-16-21)22-17-11-6-12-18-22/h4-19,23H,1-3H3,(H,27,29)/t23-/m0/s1. The van der Waals surface area contributed by atoms with E-state index in [2.05, 4.69) is 5.32 Å². The molecule has 1 N–H and O–H groups in total. The predicted molar refractivity (Wildman–Crippen MR) is 118 cm³/mol. The van der Waals surface area contributed by atoms with E-state index in [1.807, 2.05) is 105 Å². The Morgan fingerprint density at radius 2 is 1.10 bits per heavy atom. The molecule has 0 unspecified atom stereocenters. The van der Waals surface area contributed by atoms with Gasteiger partial charge in [0.15, 0.2) is 0 Å². The molecule has 0 aromatic heterocycles. The van der Waals surface area contributed by atoms with Crippen LogP contribution in [0.15, 0.2) is 91.0 Å². The monoisotopic (exact) mass is 401 g/mol. The van der Waals surface area contributed by atoms with Crippen LogP contribution in [-0.2, 0) is 19.7 Å². The second-order valence-corrected chi connectivity index (χ2v) is 7.57. The molecule has 1 atom stereocenters. The van der Waals surface area contributed by atoms with E-state index < -0.39 is 17.4 Å². The third-order valence-electron chi connectivity index (χ3n) is 5.37. The Hall–Kier alpha value is -3.40. The normalized spacial score (nSPS) is 12.3. The van der Waals surface area contributed by atoms with Gasteiger partial charge in [0, 0.05) is 0 Å². The highest BCUT2D eigenvalue weighted by Crippen LogP contribution is 2.39. The van der Waals surface area contributed by atoms with E-state index in [0.717, 1.165) is 16.7 Å². The van der Waals surface area contributed by atoms with Gasteiger partial charge in [0.05, 0.1) is 7.11 Å². The van der Waals surface area contributed by atoms with Gasteiger partial charge in [-0.15, -0.1) is 0 Å². The second kappa shape index (κ2) is 9.40. The molecule has 0 heterocycles. The lowest BCUT2D eigenvalue weighted by molar-refractivity contribution is -0.146. The lowest BCUT2D eigenvalue weighted by Crippen LogP contribution is -2.53. The first-order valence-corrected chi connectivity index (χ1v) is 10.1. The average Bonchev–Trinajstić information content (AvgIpc) is 2.79. The number of rotatable bonds is 7. The topological polar surface area (TPSA) is 55.4 Å². The van der Waals surface area contributed by atoms with Gasteiger partial charge < -0.3 is 10.1 Å². The Balaban J connectivity index is 2.26. The van der Waals surface area contributed by atoms with E-state index >= 15 is 0 Å². The molecule has 0 spiro atoms. The lowest BCUT2D eigenvalue weighted by Gasteiger charge is -2.36. The van der Waals surface area contributed by atoms with E-state index in [1.54, 1.807) is 0 Å². The molecule has 0 radical (unpaired) electrons. The summed E-state index contributed by atoms with van der Waals surface area (Å²) >= 11 is 0. The smallest absolute Gasteiger partial charge is 0.328 e. The molecule has 0 aliphatic rings. The van der Waals surface area contributed by atoms with Gasteiger partial charge in [-0.05, 0) is 22.6 Å². The zero-order valence-electron chi connectivity index (χ0n) is 17.5. The van der Waals surface area contributed by atoms with Crippen LogP contribution in [0.4, 0.5) is 0 Å². The highest BCUT2D eigenvalue weighted by Gasteiger charge is 2.45. The summed E-state index contributed by atoms with van der Waals surface area (Å²) in [5, 5.41) is 2.99. The molecule has 30 heavy (non-hydrogen) atoms. The SMILES string of the molecule is COC(=O)[C@@H](NC(=O)C(c1ccccc1)(c1ccccc1)c1ccccc1)C(C)C. The van der Waals surface area contributed by atoms with Crippen LogP contribution in [0, 0.1) is 5.92 Å². The maximum Gasteiger partial charge on any atom is 0.328 e. The van der Waals surface area contributed by atoms with E-state index in [9.17, 15) is 9.59 Å². The summed E-state index contributed by atoms with van der Waals surface area (Å²) in [7, 11) is 1.34. The largest absolute Gasteiger partial charge is 0.467 e. The third-order valence-corrected chi connectivity index (χ3v) is 5.37. The van der Waals surface area contributed by atoms with Crippen molar-refractivity contribution in [3.63, 3.8) is 0 Å². The number of nitrogens with one attached hydrogen (secondary N) is 1. The van der Waals surface area contributed by atoms with Gasteiger partial charge >= 0.3 is 5.97 Å². The zero-order chi connectivity index (χ0) is 21.6. The minimum atomic E-state index is -1.12. The molecule has 4 heteroatoms. The van der Waals surface area contributed by atoms with Crippen molar-refractivity contribution in [3.05, 3.63) is 108 Å². The van der Waals surface area contributed by atoms with Gasteiger partial charge in [0.25, 0.3) is 0 Å². The van der Waals surface area contributed by atoms with Gasteiger partial charge in [0.2, 0.25) is 5.91 Å². The number of esters is 1. The molecular weight excluding hydrogens is 374 g/mol. The van der Waals surface area contributed by atoms with Crippen molar-refractivity contribution in [2.24, 2.45) is 5.92 Å². The summed E-state index contributed by atoms with van der Waals surface area (Å²) in [5.74, 6) is -0.849. The number of amides is 1. The Kier molecular flexibility index (Phi) is 6.68. The number of benzene rings is 3. The summed E-state index contributed by atoms with van der Waals surface area (Å²) in [6.07, 6.45) is 0. The van der Waals surface area contributed by atoms with E-state index in [-0.39, 0.29) is 11.8 Å². The number of carbonyl (C=O) groups is 2. The van der Waals surface area contributed by atoms with Gasteiger partial charge in [0.1, 0.15) is 11.5 Å². The minimum Gasteiger partial charge on any atom is -0.467 e. The fourth-order valence-corrected chi connectivity index (χ4v) is 3.83. The van der Waals surface area contributed by atoms with Crippen molar-refractivity contribution in [3.8, 4) is 0 Å². The van der Waals surface area contributed by atoms with Crippen LogP contribution in [-0.4, -0.2) is 25.0 Å². The first-order chi connectivity index (χ1) is 14.5. The Bertz CT molecular complexity index is 872. The highest BCUT2D eigenvalue weighted by molar-refractivity contribution is 5.98. The number of methoxy groups -OCH3 is 1. The van der Waals surface area contributed by atoms with Gasteiger partial charge in [-0.1, -0.05) is 105 Å². The van der Waals surface area contributed by atoms with Gasteiger partial charge in [-0.25, -0.2) is 4.79 Å². The van der Waals surface area contributed by atoms with E-state index in [1.165, 1.54) is 7.11 Å². The molecule has 3 aromatic rings. The number of hydrogen-bond donors (Lipinski definition) is 1. The molecule has 3 rings (SSSR count). The summed E-state index contributed by atoms with van der Waals surface area (Å²) in [6, 6.07) is 28.2. The maximum atomic E-state index is 14.1. The minimum absolute atomic E-state index is 0.124. The van der Waals surface area contributed by atoms with Crippen LogP contribution in [0.25, 0.3) is 0 Å². The third kappa shape index (κ3) is 3.99. The molecule has 1 amide bonds. The molecular formula is C26H27NO3. The van der Waals surface area contributed by atoms with Gasteiger partial charge in [-0.3, -0.25) is 4.79 Å². The van der Waals surface area contributed by atoms with Crippen LogP contribution >= 0.6 is 0 Å². The summed E-state index contributed by atoms with van der Waals surface area (Å²) in [5.41, 5.74) is 1.36. The Morgan fingerprint density at radius 3 is 1.40 bits per heavy atom. The van der Waals surface area contributed by atoms with Crippen molar-refractivity contribution in [1.82, 2.24) is 5.32 Å². The predicted octanol–water partition coefficient (Wildman–Crippen LogP) is 4.33. The van der Waals surface area contributed by atoms with E-state index in [4.69, 9.17) is 4.74 Å². The molecule has 0 bridgehead atoms. The molecule has 0 saturated heterocycles. The fourth-order valence-electron chi connectivity index (χ4n) is 3.83. The molecule has 0 aliphatic heterocycles. The highest BCUT2D eigenvalue weighted by atomic mass is 16.5. The lowest BCUT2D eigenvalue weighted by atomic mass is 9.68. The van der Waals surface area contributed by atoms with Crippen molar-refractivity contribution in [2.75, 3.05) is 7.11 Å². The van der Waals surface area contributed by atoms with Crippen LogP contribution in [0.1, 0.15) is 30.5 Å². The van der Waals surface area contributed by atoms with Crippen LogP contribution < -0.4 is 5.32 Å². The molecule has 4 nitrogen and oxygen atoms in total. The van der Waals surface area contributed by atoms with Crippen molar-refractivity contribution in [2.45, 2.75) is 25.3 Å². The number of ether oxygens (including phenoxy) is 1. The van der Waals surface area contributed by atoms with Crippen LogP contribution in [0.3, 0.4) is 0 Å². The van der Waals surface area contributed by atoms with Crippen LogP contribution in [0.5, 0.6) is 0 Å². The summed E-state index contributed by atoms with van der Waals surface area (Å²) in [4.78, 5) is 26.5. The first-order valence-electron chi connectivity index (χ1n) is 10.1. The van der Waals surface area contributed by atoms with Crippen LogP contribution in [0.2, 0.25) is 0 Å². The molecule has 3 aromatic carbocycles. The molecule has 0 aliphatic carbocycles. The van der Waals surface area contributed by atoms with Crippen molar-refractivity contribution in [1.29, 1.82) is 0 Å². The quantitative estimate of drug-likeness (QED) is 0.473. The molecule has 154 valence electrons. The number of carbonyl (C=O) groups excluding carboxylic acids is 2. The summed E-state index contributed by atoms with van der Waals surface area (Å²) in [6.45, 7) is 3.77. The molecule has 0 fully saturated rings. The van der Waals surface area contributed by atoms with Gasteiger partial charge in [-0.2, -0.15) is 0 Å². The maximum absolute atomic E-state index is 14.1. The average molecular weight is 402 g/mol. The Labute approximate surface area is 177 Å². The van der Waals surface area contributed by atoms with Crippen molar-refractivity contribution >= 4 is 11.9 Å². The fraction of sp³-hybridized carbons (Fsp3) is 0.231. The van der Waals surface area contributed by atoms with Crippen molar-refractivity contribution < 1.29 is 14.3 Å².